The highest BCUT2D eigenvalue weighted by Gasteiger charge is 2.39. The minimum atomic E-state index is -2.71. The number of ether oxygens (including phenoxy) is 3. The number of fused-ring (bicyclic) bond motifs is 1. The van der Waals surface area contributed by atoms with Crippen LogP contribution in [0.1, 0.15) is 64.3 Å². The largest absolute Gasteiger partial charge is 0.494 e. The molecule has 2 aromatic carbocycles. The van der Waals surface area contributed by atoms with Crippen LogP contribution in [0.2, 0.25) is 0 Å². The first-order valence-corrected chi connectivity index (χ1v) is 13.0. The summed E-state index contributed by atoms with van der Waals surface area (Å²) in [6.07, 6.45) is -2.97. The fourth-order valence-electron chi connectivity index (χ4n) is 4.64. The fourth-order valence-corrected chi connectivity index (χ4v) is 4.64. The smallest absolute Gasteiger partial charge is 0.411 e. The van der Waals surface area contributed by atoms with Crippen LogP contribution in [-0.4, -0.2) is 55.3 Å². The highest BCUT2D eigenvalue weighted by Crippen LogP contribution is 2.36. The van der Waals surface area contributed by atoms with Crippen LogP contribution >= 0.6 is 0 Å². The molecule has 2 amide bonds. The van der Waals surface area contributed by atoms with Gasteiger partial charge >= 0.3 is 6.09 Å². The molecule has 0 bridgehead atoms. The Balaban J connectivity index is 1.92. The van der Waals surface area contributed by atoms with Gasteiger partial charge < -0.3 is 19.5 Å². The maximum atomic E-state index is 15.1. The van der Waals surface area contributed by atoms with Crippen molar-refractivity contribution in [1.29, 1.82) is 0 Å². The quantitative estimate of drug-likeness (QED) is 0.355. The van der Waals surface area contributed by atoms with Crippen LogP contribution in [0.4, 0.5) is 28.0 Å². The van der Waals surface area contributed by atoms with Crippen LogP contribution in [0.15, 0.2) is 30.3 Å². The van der Waals surface area contributed by atoms with Gasteiger partial charge in [-0.2, -0.15) is 0 Å². The molecule has 1 aliphatic rings. The summed E-state index contributed by atoms with van der Waals surface area (Å²) in [7, 11) is 0. The summed E-state index contributed by atoms with van der Waals surface area (Å²) in [5, 5.41) is 2.53. The summed E-state index contributed by atoms with van der Waals surface area (Å²) >= 11 is 0. The van der Waals surface area contributed by atoms with E-state index in [9.17, 15) is 18.4 Å². The van der Waals surface area contributed by atoms with E-state index >= 15 is 8.78 Å². The van der Waals surface area contributed by atoms with Crippen molar-refractivity contribution in [3.05, 3.63) is 58.7 Å². The third-order valence-corrected chi connectivity index (χ3v) is 6.22. The molecule has 0 saturated heterocycles. The van der Waals surface area contributed by atoms with Gasteiger partial charge in [-0.15, -0.1) is 0 Å². The Hall–Kier alpha value is -3.34. The summed E-state index contributed by atoms with van der Waals surface area (Å²) in [6, 6.07) is 5.94. The number of rotatable bonds is 9. The van der Waals surface area contributed by atoms with Crippen LogP contribution in [0.5, 0.6) is 5.75 Å². The standard InChI is InChI=1S/C29H36F4N2O5/c1-7-39-19-8-9-20-17(12-19)10-11-35(27(37)40-28(2,3)4)25(20)26(36)34-18-13-21(30)24(22(31)14-18)29(5,6)16-38-15-23(32)33/h8-9,12-14,23,25H,7,10-11,15-16H2,1-6H3,(H,34,36)/t25-/m1/s1. The van der Waals surface area contributed by atoms with Gasteiger partial charge in [-0.3, -0.25) is 9.69 Å². The van der Waals surface area contributed by atoms with E-state index in [0.29, 0.717) is 24.3 Å². The molecule has 7 nitrogen and oxygen atoms in total. The molecule has 1 atom stereocenters. The number of hydrogen-bond donors (Lipinski definition) is 1. The lowest BCUT2D eigenvalue weighted by atomic mass is 9.84. The Kier molecular flexibility index (Phi) is 9.71. The first kappa shape index (κ1) is 31.2. The Bertz CT molecular complexity index is 1210. The Labute approximate surface area is 231 Å². The average Bonchev–Trinajstić information content (AvgIpc) is 2.81. The van der Waals surface area contributed by atoms with Gasteiger partial charge in [0.05, 0.1) is 13.2 Å². The van der Waals surface area contributed by atoms with Gasteiger partial charge in [0.15, 0.2) is 0 Å². The van der Waals surface area contributed by atoms with Gasteiger partial charge in [0, 0.05) is 23.2 Å². The lowest BCUT2D eigenvalue weighted by molar-refractivity contribution is -0.122. The molecule has 0 aromatic heterocycles. The summed E-state index contributed by atoms with van der Waals surface area (Å²) in [5.74, 6) is -2.03. The number of alkyl halides is 2. The number of carbonyl (C=O) groups is 2. The van der Waals surface area contributed by atoms with E-state index in [1.165, 1.54) is 18.7 Å². The maximum Gasteiger partial charge on any atom is 0.411 e. The average molecular weight is 569 g/mol. The van der Waals surface area contributed by atoms with Crippen molar-refractivity contribution in [2.45, 2.75) is 71.4 Å². The number of hydrogen-bond acceptors (Lipinski definition) is 5. The molecular weight excluding hydrogens is 532 g/mol. The topological polar surface area (TPSA) is 77.1 Å². The molecule has 1 N–H and O–H groups in total. The molecule has 0 radical (unpaired) electrons. The first-order chi connectivity index (χ1) is 18.6. The third-order valence-electron chi connectivity index (χ3n) is 6.22. The molecule has 0 unspecified atom stereocenters. The fraction of sp³-hybridized carbons (Fsp3) is 0.517. The van der Waals surface area contributed by atoms with Gasteiger partial charge in [0.25, 0.3) is 12.3 Å². The summed E-state index contributed by atoms with van der Waals surface area (Å²) in [6.45, 7) is 9.32. The second kappa shape index (κ2) is 12.4. The number of anilines is 1. The molecule has 0 spiro atoms. The highest BCUT2D eigenvalue weighted by molar-refractivity contribution is 5.98. The molecule has 3 rings (SSSR count). The number of benzene rings is 2. The predicted octanol–water partition coefficient (Wildman–Crippen LogP) is 6.40. The zero-order chi connectivity index (χ0) is 29.8. The van der Waals surface area contributed by atoms with Crippen LogP contribution in [-0.2, 0) is 26.1 Å². The van der Waals surface area contributed by atoms with Gasteiger partial charge in [-0.05, 0) is 69.5 Å². The van der Waals surface area contributed by atoms with E-state index in [1.54, 1.807) is 39.0 Å². The molecule has 1 heterocycles. The SMILES string of the molecule is CCOc1ccc2c(c1)CCN(C(=O)OC(C)(C)C)[C@H]2C(=O)Nc1cc(F)c(C(C)(C)COCC(F)F)c(F)c1. The van der Waals surface area contributed by atoms with Crippen LogP contribution in [0.25, 0.3) is 0 Å². The zero-order valence-corrected chi connectivity index (χ0v) is 23.6. The number of carbonyl (C=O) groups excluding carboxylic acids is 2. The maximum absolute atomic E-state index is 15.1. The molecule has 2 aromatic rings. The highest BCUT2D eigenvalue weighted by atomic mass is 19.3. The lowest BCUT2D eigenvalue weighted by Gasteiger charge is -2.37. The van der Waals surface area contributed by atoms with Crippen LogP contribution in [0.3, 0.4) is 0 Å². The van der Waals surface area contributed by atoms with Gasteiger partial charge in [-0.1, -0.05) is 19.9 Å². The predicted molar refractivity (Wildman–Crippen MR) is 142 cm³/mol. The lowest BCUT2D eigenvalue weighted by Crippen LogP contribution is -2.47. The molecule has 0 aliphatic carbocycles. The van der Waals surface area contributed by atoms with E-state index in [4.69, 9.17) is 14.2 Å². The zero-order valence-electron chi connectivity index (χ0n) is 23.6. The molecule has 11 heteroatoms. The monoisotopic (exact) mass is 568 g/mol. The number of halogens is 4. The van der Waals surface area contributed by atoms with E-state index in [-0.39, 0.29) is 24.4 Å². The first-order valence-electron chi connectivity index (χ1n) is 13.0. The van der Waals surface area contributed by atoms with Crippen molar-refractivity contribution in [2.75, 3.05) is 31.7 Å². The summed E-state index contributed by atoms with van der Waals surface area (Å²) in [4.78, 5) is 28.0. The van der Waals surface area contributed by atoms with Gasteiger partial charge in [0.1, 0.15) is 35.6 Å². The molecule has 0 fully saturated rings. The van der Waals surface area contributed by atoms with Crippen LogP contribution in [0, 0.1) is 11.6 Å². The van der Waals surface area contributed by atoms with Crippen molar-refractivity contribution in [1.82, 2.24) is 4.90 Å². The van der Waals surface area contributed by atoms with E-state index in [0.717, 1.165) is 17.7 Å². The number of nitrogens with zero attached hydrogens (tertiary/aromatic N) is 1. The molecule has 40 heavy (non-hydrogen) atoms. The molecule has 1 aliphatic heterocycles. The summed E-state index contributed by atoms with van der Waals surface area (Å²) < 4.78 is 71.2. The van der Waals surface area contributed by atoms with Gasteiger partial charge in [0.2, 0.25) is 0 Å². The normalized spacial score (nSPS) is 15.6. The molecule has 220 valence electrons. The Morgan fingerprint density at radius 2 is 1.73 bits per heavy atom. The summed E-state index contributed by atoms with van der Waals surface area (Å²) in [5.41, 5.74) is -1.28. The van der Waals surface area contributed by atoms with Crippen molar-refractivity contribution >= 4 is 17.7 Å². The minimum Gasteiger partial charge on any atom is -0.494 e. The van der Waals surface area contributed by atoms with E-state index in [1.807, 2.05) is 6.92 Å². The molecular formula is C29H36F4N2O5. The number of amides is 2. The van der Waals surface area contributed by atoms with E-state index < -0.39 is 53.7 Å². The minimum absolute atomic E-state index is 0.171. The Morgan fingerprint density at radius 1 is 1.07 bits per heavy atom. The number of nitrogens with one attached hydrogen (secondary N) is 1. The molecule has 0 saturated carbocycles. The van der Waals surface area contributed by atoms with Crippen molar-refractivity contribution in [2.24, 2.45) is 0 Å². The third kappa shape index (κ3) is 7.65. The van der Waals surface area contributed by atoms with Crippen molar-refractivity contribution in [3.8, 4) is 5.75 Å². The van der Waals surface area contributed by atoms with Gasteiger partial charge in [-0.25, -0.2) is 22.4 Å². The Morgan fingerprint density at radius 3 is 2.30 bits per heavy atom. The second-order valence-corrected chi connectivity index (χ2v) is 11.2. The van der Waals surface area contributed by atoms with E-state index in [2.05, 4.69) is 5.32 Å². The van der Waals surface area contributed by atoms with Crippen molar-refractivity contribution < 1.29 is 41.4 Å². The van der Waals surface area contributed by atoms with Crippen LogP contribution < -0.4 is 10.1 Å². The second-order valence-electron chi connectivity index (χ2n) is 11.2. The van der Waals surface area contributed by atoms with Crippen molar-refractivity contribution in [3.63, 3.8) is 0 Å².